The summed E-state index contributed by atoms with van der Waals surface area (Å²) in [6.07, 6.45) is 0. The molecule has 0 saturated heterocycles. The Morgan fingerprint density at radius 3 is 2.80 bits per heavy atom. The first-order chi connectivity index (χ1) is 7.13. The predicted molar refractivity (Wildman–Crippen MR) is 61.4 cm³/mol. The highest BCUT2D eigenvalue weighted by Gasteiger charge is 2.04. The number of H-pyrrole nitrogens is 1. The second-order valence-corrected chi connectivity index (χ2v) is 3.70. The van der Waals surface area contributed by atoms with Crippen LogP contribution in [0.25, 0.3) is 0 Å². The summed E-state index contributed by atoms with van der Waals surface area (Å²) in [5.41, 5.74) is -0.111. The van der Waals surface area contributed by atoms with Crippen molar-refractivity contribution in [2.45, 2.75) is 19.8 Å². The van der Waals surface area contributed by atoms with Crippen LogP contribution in [0.15, 0.2) is 10.9 Å². The quantitative estimate of drug-likeness (QED) is 0.620. The number of nitrogens with one attached hydrogen (secondary N) is 3. The van der Waals surface area contributed by atoms with E-state index in [9.17, 15) is 4.79 Å². The first kappa shape index (κ1) is 11.7. The minimum absolute atomic E-state index is 0.111. The maximum Gasteiger partial charge on any atom is 0.252 e. The lowest BCUT2D eigenvalue weighted by atomic mass is 10.2. The van der Waals surface area contributed by atoms with Gasteiger partial charge in [0.25, 0.3) is 5.56 Å². The Bertz CT molecular complexity index is 359. The Morgan fingerprint density at radius 2 is 2.20 bits per heavy atom. The Morgan fingerprint density at radius 1 is 1.47 bits per heavy atom. The van der Waals surface area contributed by atoms with Crippen LogP contribution < -0.4 is 16.2 Å². The van der Waals surface area contributed by atoms with Crippen LogP contribution in [0.1, 0.15) is 25.6 Å². The predicted octanol–water partition coefficient (Wildman–Crippen LogP) is 0.525. The third-order valence-corrected chi connectivity index (χ3v) is 1.99. The summed E-state index contributed by atoms with van der Waals surface area (Å²) < 4.78 is 0. The van der Waals surface area contributed by atoms with Gasteiger partial charge in [-0.25, -0.2) is 4.98 Å². The van der Waals surface area contributed by atoms with Crippen molar-refractivity contribution in [2.75, 3.05) is 25.5 Å². The standard InChI is InChI=1S/C10H18N4O/c1-7(2)10-13-8(6-9(15)14-10)12-5-4-11-3/h6-7,11H,4-5H2,1-3H3,(H2,12,13,14,15). The highest BCUT2D eigenvalue weighted by molar-refractivity contribution is 5.33. The van der Waals surface area contributed by atoms with Crippen molar-refractivity contribution in [3.8, 4) is 0 Å². The lowest BCUT2D eigenvalue weighted by Crippen LogP contribution is -2.20. The minimum Gasteiger partial charge on any atom is -0.369 e. The van der Waals surface area contributed by atoms with Crippen LogP contribution in [0.3, 0.4) is 0 Å². The Hall–Kier alpha value is -1.36. The van der Waals surface area contributed by atoms with Crippen LogP contribution in [0, 0.1) is 0 Å². The number of aromatic amines is 1. The molecule has 5 nitrogen and oxygen atoms in total. The van der Waals surface area contributed by atoms with Gasteiger partial charge in [-0.15, -0.1) is 0 Å². The fourth-order valence-electron chi connectivity index (χ4n) is 1.16. The third kappa shape index (κ3) is 3.71. The van der Waals surface area contributed by atoms with Crippen LogP contribution in [-0.4, -0.2) is 30.1 Å². The molecular formula is C10H18N4O. The highest BCUT2D eigenvalue weighted by atomic mass is 16.1. The normalized spacial score (nSPS) is 10.7. The van der Waals surface area contributed by atoms with Crippen LogP contribution in [0.2, 0.25) is 0 Å². The molecule has 0 bridgehead atoms. The molecule has 1 heterocycles. The zero-order chi connectivity index (χ0) is 11.3. The topological polar surface area (TPSA) is 69.8 Å². The van der Waals surface area contributed by atoms with E-state index >= 15 is 0 Å². The molecule has 0 aromatic carbocycles. The number of hydrogen-bond donors (Lipinski definition) is 3. The number of anilines is 1. The maximum atomic E-state index is 11.3. The number of rotatable bonds is 5. The van der Waals surface area contributed by atoms with Crippen molar-refractivity contribution in [1.82, 2.24) is 15.3 Å². The largest absolute Gasteiger partial charge is 0.369 e. The molecule has 0 atom stereocenters. The summed E-state index contributed by atoms with van der Waals surface area (Å²) >= 11 is 0. The molecule has 0 spiro atoms. The van der Waals surface area contributed by atoms with Crippen LogP contribution in [0.5, 0.6) is 0 Å². The lowest BCUT2D eigenvalue weighted by molar-refractivity contribution is 0.763. The van der Waals surface area contributed by atoms with E-state index in [1.807, 2.05) is 20.9 Å². The van der Waals surface area contributed by atoms with Gasteiger partial charge in [0.05, 0.1) is 0 Å². The van der Waals surface area contributed by atoms with Crippen molar-refractivity contribution in [1.29, 1.82) is 0 Å². The number of aromatic nitrogens is 2. The van der Waals surface area contributed by atoms with Crippen LogP contribution >= 0.6 is 0 Å². The molecule has 0 aliphatic heterocycles. The van der Waals surface area contributed by atoms with Gasteiger partial charge < -0.3 is 15.6 Å². The van der Waals surface area contributed by atoms with Gasteiger partial charge in [-0.2, -0.15) is 0 Å². The molecule has 0 aliphatic carbocycles. The zero-order valence-corrected chi connectivity index (χ0v) is 9.42. The Kier molecular flexibility index (Phi) is 4.30. The molecule has 84 valence electrons. The molecule has 0 amide bonds. The first-order valence-electron chi connectivity index (χ1n) is 5.13. The molecule has 1 rings (SSSR count). The van der Waals surface area contributed by atoms with Crippen molar-refractivity contribution in [3.63, 3.8) is 0 Å². The van der Waals surface area contributed by atoms with E-state index in [4.69, 9.17) is 0 Å². The van der Waals surface area contributed by atoms with Gasteiger partial charge in [-0.3, -0.25) is 4.79 Å². The highest BCUT2D eigenvalue weighted by Crippen LogP contribution is 2.08. The first-order valence-corrected chi connectivity index (χ1v) is 5.13. The van der Waals surface area contributed by atoms with Gasteiger partial charge in [0.2, 0.25) is 0 Å². The van der Waals surface area contributed by atoms with E-state index in [1.54, 1.807) is 0 Å². The van der Waals surface area contributed by atoms with Crippen molar-refractivity contribution in [2.24, 2.45) is 0 Å². The second-order valence-electron chi connectivity index (χ2n) is 3.70. The molecule has 1 aromatic rings. The molecule has 3 N–H and O–H groups in total. The van der Waals surface area contributed by atoms with Gasteiger partial charge in [-0.05, 0) is 7.05 Å². The average Bonchev–Trinajstić information content (AvgIpc) is 2.17. The van der Waals surface area contributed by atoms with Crippen molar-refractivity contribution < 1.29 is 0 Å². The molecular weight excluding hydrogens is 192 g/mol. The average molecular weight is 210 g/mol. The molecule has 5 heteroatoms. The van der Waals surface area contributed by atoms with Crippen LogP contribution in [0.4, 0.5) is 5.82 Å². The minimum atomic E-state index is -0.111. The zero-order valence-electron chi connectivity index (χ0n) is 9.42. The summed E-state index contributed by atoms with van der Waals surface area (Å²) in [6.45, 7) is 5.58. The maximum absolute atomic E-state index is 11.3. The number of nitrogens with zero attached hydrogens (tertiary/aromatic N) is 1. The SMILES string of the molecule is CNCCNc1cc(=O)[nH]c(C(C)C)n1. The third-order valence-electron chi connectivity index (χ3n) is 1.99. The van der Waals surface area contributed by atoms with Gasteiger partial charge in [-0.1, -0.05) is 13.8 Å². The van der Waals surface area contributed by atoms with Gasteiger partial charge in [0.15, 0.2) is 0 Å². The molecule has 0 aliphatic rings. The fraction of sp³-hybridized carbons (Fsp3) is 0.600. The monoisotopic (exact) mass is 210 g/mol. The molecule has 0 radical (unpaired) electrons. The second kappa shape index (κ2) is 5.50. The van der Waals surface area contributed by atoms with E-state index in [1.165, 1.54) is 6.07 Å². The van der Waals surface area contributed by atoms with Gasteiger partial charge >= 0.3 is 0 Å². The molecule has 0 fully saturated rings. The van der Waals surface area contributed by atoms with E-state index in [0.29, 0.717) is 5.82 Å². The number of hydrogen-bond acceptors (Lipinski definition) is 4. The molecule has 0 unspecified atom stereocenters. The Balaban J connectivity index is 2.75. The summed E-state index contributed by atoms with van der Waals surface area (Å²) in [6, 6.07) is 1.47. The summed E-state index contributed by atoms with van der Waals surface area (Å²) in [7, 11) is 1.88. The van der Waals surface area contributed by atoms with E-state index in [2.05, 4.69) is 20.6 Å². The van der Waals surface area contributed by atoms with Crippen molar-refractivity contribution >= 4 is 5.82 Å². The molecule has 15 heavy (non-hydrogen) atoms. The van der Waals surface area contributed by atoms with E-state index in [-0.39, 0.29) is 11.5 Å². The van der Waals surface area contributed by atoms with Crippen LogP contribution in [-0.2, 0) is 0 Å². The van der Waals surface area contributed by atoms with Gasteiger partial charge in [0.1, 0.15) is 11.6 Å². The Labute approximate surface area is 89.3 Å². The summed E-state index contributed by atoms with van der Waals surface area (Å²) in [5, 5.41) is 6.10. The smallest absolute Gasteiger partial charge is 0.252 e. The lowest BCUT2D eigenvalue weighted by Gasteiger charge is -2.08. The van der Waals surface area contributed by atoms with E-state index in [0.717, 1.165) is 18.9 Å². The number of likely N-dealkylation sites (N-methyl/N-ethyl adjacent to an activating group) is 1. The summed E-state index contributed by atoms with van der Waals surface area (Å²) in [5.74, 6) is 1.58. The van der Waals surface area contributed by atoms with Gasteiger partial charge in [0, 0.05) is 25.1 Å². The van der Waals surface area contributed by atoms with Crippen molar-refractivity contribution in [3.05, 3.63) is 22.2 Å². The van der Waals surface area contributed by atoms with E-state index < -0.39 is 0 Å². The molecule has 1 aromatic heterocycles. The summed E-state index contributed by atoms with van der Waals surface area (Å²) in [4.78, 5) is 18.3. The molecule has 0 saturated carbocycles. The fourth-order valence-corrected chi connectivity index (χ4v) is 1.16.